The maximum absolute atomic E-state index is 13.6. The zero-order chi connectivity index (χ0) is 26.9. The minimum absolute atomic E-state index is 0.169. The summed E-state index contributed by atoms with van der Waals surface area (Å²) in [6, 6.07) is 3.74. The second-order valence-corrected chi connectivity index (χ2v) is 9.83. The number of hydrogen-bond donors (Lipinski definition) is 3. The molecular weight excluding hydrogens is 476 g/mol. The molecule has 2 heterocycles. The predicted molar refractivity (Wildman–Crippen MR) is 137 cm³/mol. The molecule has 5 atom stereocenters. The summed E-state index contributed by atoms with van der Waals surface area (Å²) in [5, 5.41) is 8.50. The van der Waals surface area contributed by atoms with E-state index < -0.39 is 41.9 Å². The number of amides is 4. The topological polar surface area (TPSA) is 134 Å². The van der Waals surface area contributed by atoms with Crippen LogP contribution in [0.15, 0.2) is 24.3 Å². The number of nitrogens with zero attached hydrogens (tertiary/aromatic N) is 1. The Bertz CT molecular complexity index is 982. The van der Waals surface area contributed by atoms with Crippen LogP contribution in [0.25, 0.3) is 0 Å². The van der Waals surface area contributed by atoms with Crippen LogP contribution in [0.5, 0.6) is 5.75 Å². The molecule has 0 unspecified atom stereocenters. The third-order valence-electron chi connectivity index (χ3n) is 7.29. The number of carbonyl (C=O) groups is 5. The number of aldehydes is 1. The maximum atomic E-state index is 13.6. The Labute approximate surface area is 217 Å². The lowest BCUT2D eigenvalue weighted by atomic mass is 9.95. The number of hydrogen-bond acceptors (Lipinski definition) is 6. The molecule has 0 radical (unpaired) electrons. The number of rotatable bonds is 9. The third-order valence-corrected chi connectivity index (χ3v) is 7.29. The number of benzene rings is 1. The van der Waals surface area contributed by atoms with Gasteiger partial charge in [0.05, 0.1) is 7.11 Å². The van der Waals surface area contributed by atoms with Gasteiger partial charge in [0.1, 0.15) is 36.2 Å². The van der Waals surface area contributed by atoms with E-state index in [4.69, 9.17) is 4.74 Å². The van der Waals surface area contributed by atoms with Crippen molar-refractivity contribution in [2.45, 2.75) is 83.0 Å². The lowest BCUT2D eigenvalue weighted by molar-refractivity contribution is -0.144. The highest BCUT2D eigenvalue weighted by Gasteiger charge is 2.41. The van der Waals surface area contributed by atoms with Crippen LogP contribution < -0.4 is 20.7 Å². The Morgan fingerprint density at radius 2 is 1.70 bits per heavy atom. The zero-order valence-corrected chi connectivity index (χ0v) is 21.8. The van der Waals surface area contributed by atoms with Gasteiger partial charge in [0.15, 0.2) is 0 Å². The molecule has 0 aromatic heterocycles. The summed E-state index contributed by atoms with van der Waals surface area (Å²) in [4.78, 5) is 66.1. The van der Waals surface area contributed by atoms with Gasteiger partial charge in [-0.15, -0.1) is 0 Å². The molecule has 0 saturated carbocycles. The standard InChI is InChI=1S/C27H38N4O6/c1-4-17(2)23-27(36)31-14-7-9-22(31)26(35)28-20(8-5-6-15-32)24(33)29-21(25(34)30-23)16-18-10-12-19(37-3)13-11-18/h10-13,15,17,20-23H,4-9,14,16H2,1-3H3,(H,28,35)(H,29,33)(H,30,34)/t17-,20-,21+,22+,23-/m0/s1. The van der Waals surface area contributed by atoms with E-state index in [-0.39, 0.29) is 31.1 Å². The zero-order valence-electron chi connectivity index (χ0n) is 21.8. The van der Waals surface area contributed by atoms with E-state index in [1.54, 1.807) is 19.2 Å². The van der Waals surface area contributed by atoms with Gasteiger partial charge in [-0.2, -0.15) is 0 Å². The van der Waals surface area contributed by atoms with E-state index in [9.17, 15) is 24.0 Å². The van der Waals surface area contributed by atoms with Crippen molar-refractivity contribution < 1.29 is 28.7 Å². The quantitative estimate of drug-likeness (QED) is 0.334. The SMILES string of the molecule is CC[C@H](C)[C@@H]1NC(=O)[C@@H](Cc2ccc(OC)cc2)NC(=O)[C@H](CCCC=O)NC(=O)[C@H]2CCCN2C1=O. The summed E-state index contributed by atoms with van der Waals surface area (Å²) < 4.78 is 5.20. The summed E-state index contributed by atoms with van der Waals surface area (Å²) in [6.07, 6.45) is 3.64. The van der Waals surface area contributed by atoms with Crippen LogP contribution in [0, 0.1) is 5.92 Å². The van der Waals surface area contributed by atoms with Crippen LogP contribution >= 0.6 is 0 Å². The average Bonchev–Trinajstić information content (AvgIpc) is 3.40. The Kier molecular flexibility index (Phi) is 10.0. The Hall–Kier alpha value is -3.43. The molecule has 0 aliphatic carbocycles. The van der Waals surface area contributed by atoms with Crippen molar-refractivity contribution in [1.82, 2.24) is 20.9 Å². The second-order valence-electron chi connectivity index (χ2n) is 9.83. The molecule has 0 spiro atoms. The van der Waals surface area contributed by atoms with Crippen molar-refractivity contribution in [2.24, 2.45) is 5.92 Å². The maximum Gasteiger partial charge on any atom is 0.246 e. The lowest BCUT2D eigenvalue weighted by Crippen LogP contribution is -2.62. The van der Waals surface area contributed by atoms with Crippen molar-refractivity contribution in [3.8, 4) is 5.75 Å². The molecule has 202 valence electrons. The lowest BCUT2D eigenvalue weighted by Gasteiger charge is -2.34. The monoisotopic (exact) mass is 514 g/mol. The minimum Gasteiger partial charge on any atom is -0.497 e. The molecule has 1 aromatic rings. The van der Waals surface area contributed by atoms with Gasteiger partial charge in [-0.25, -0.2) is 0 Å². The Balaban J connectivity index is 1.95. The van der Waals surface area contributed by atoms with Crippen LogP contribution in [0.1, 0.15) is 57.9 Å². The highest BCUT2D eigenvalue weighted by Crippen LogP contribution is 2.23. The first-order chi connectivity index (χ1) is 17.8. The van der Waals surface area contributed by atoms with Gasteiger partial charge in [0.25, 0.3) is 0 Å². The number of unbranched alkanes of at least 4 members (excludes halogenated alkanes) is 1. The Morgan fingerprint density at radius 1 is 1.03 bits per heavy atom. The second kappa shape index (κ2) is 13.2. The van der Waals surface area contributed by atoms with Gasteiger partial charge >= 0.3 is 0 Å². The van der Waals surface area contributed by atoms with Crippen molar-refractivity contribution in [3.63, 3.8) is 0 Å². The van der Waals surface area contributed by atoms with E-state index >= 15 is 0 Å². The van der Waals surface area contributed by atoms with Crippen LogP contribution in [-0.4, -0.2) is 72.6 Å². The average molecular weight is 515 g/mol. The summed E-state index contributed by atoms with van der Waals surface area (Å²) >= 11 is 0. The summed E-state index contributed by atoms with van der Waals surface area (Å²) in [6.45, 7) is 4.24. The molecule has 0 bridgehead atoms. The Morgan fingerprint density at radius 3 is 2.35 bits per heavy atom. The van der Waals surface area contributed by atoms with E-state index in [1.165, 1.54) is 4.90 Å². The molecule has 2 fully saturated rings. The molecule has 10 heteroatoms. The van der Waals surface area contributed by atoms with E-state index in [0.29, 0.717) is 38.0 Å². The highest BCUT2D eigenvalue weighted by molar-refractivity contribution is 5.98. The molecule has 2 saturated heterocycles. The molecule has 10 nitrogen and oxygen atoms in total. The van der Waals surface area contributed by atoms with Gasteiger partial charge in [-0.3, -0.25) is 19.2 Å². The van der Waals surface area contributed by atoms with Crippen molar-refractivity contribution in [3.05, 3.63) is 29.8 Å². The van der Waals surface area contributed by atoms with E-state index in [0.717, 1.165) is 11.8 Å². The molecule has 1 aromatic carbocycles. The van der Waals surface area contributed by atoms with Crippen LogP contribution in [0.2, 0.25) is 0 Å². The molecule has 2 aliphatic heterocycles. The van der Waals surface area contributed by atoms with Crippen LogP contribution in [0.4, 0.5) is 0 Å². The van der Waals surface area contributed by atoms with Crippen molar-refractivity contribution in [1.29, 1.82) is 0 Å². The van der Waals surface area contributed by atoms with Crippen LogP contribution in [-0.2, 0) is 30.4 Å². The van der Waals surface area contributed by atoms with Gasteiger partial charge in [0.2, 0.25) is 23.6 Å². The van der Waals surface area contributed by atoms with Crippen molar-refractivity contribution >= 4 is 29.9 Å². The minimum atomic E-state index is -0.973. The number of ether oxygens (including phenoxy) is 1. The number of carbonyl (C=O) groups excluding carboxylic acids is 5. The van der Waals surface area contributed by atoms with E-state index in [1.807, 2.05) is 26.0 Å². The van der Waals surface area contributed by atoms with Gasteiger partial charge in [-0.05, 0) is 49.3 Å². The summed E-state index contributed by atoms with van der Waals surface area (Å²) in [5.74, 6) is -1.14. The largest absolute Gasteiger partial charge is 0.497 e. The fraction of sp³-hybridized carbons (Fsp3) is 0.593. The number of methoxy groups -OCH3 is 1. The summed E-state index contributed by atoms with van der Waals surface area (Å²) in [5.41, 5.74) is 0.793. The smallest absolute Gasteiger partial charge is 0.246 e. The van der Waals surface area contributed by atoms with Gasteiger partial charge in [0, 0.05) is 19.4 Å². The summed E-state index contributed by atoms with van der Waals surface area (Å²) in [7, 11) is 1.56. The predicted octanol–water partition coefficient (Wildman–Crippen LogP) is 1.11. The molecular formula is C27H38N4O6. The molecule has 37 heavy (non-hydrogen) atoms. The van der Waals surface area contributed by atoms with Crippen LogP contribution in [0.3, 0.4) is 0 Å². The molecule has 3 N–H and O–H groups in total. The first kappa shape index (κ1) is 28.1. The van der Waals surface area contributed by atoms with Crippen molar-refractivity contribution in [2.75, 3.05) is 13.7 Å². The molecule has 4 amide bonds. The fourth-order valence-corrected chi connectivity index (χ4v) is 4.84. The van der Waals surface area contributed by atoms with E-state index in [2.05, 4.69) is 16.0 Å². The first-order valence-electron chi connectivity index (χ1n) is 13.1. The van der Waals surface area contributed by atoms with Gasteiger partial charge in [-0.1, -0.05) is 32.4 Å². The molecule has 3 rings (SSSR count). The first-order valence-corrected chi connectivity index (χ1v) is 13.1. The highest BCUT2D eigenvalue weighted by atomic mass is 16.5. The number of fused-ring (bicyclic) bond motifs is 1. The third kappa shape index (κ3) is 7.08. The number of nitrogens with one attached hydrogen (secondary N) is 3. The molecule has 2 aliphatic rings. The fourth-order valence-electron chi connectivity index (χ4n) is 4.84. The normalized spacial score (nSPS) is 25.6. The van der Waals surface area contributed by atoms with Gasteiger partial charge < -0.3 is 30.4 Å².